The maximum Gasteiger partial charge on any atom is 0.242 e. The first-order chi connectivity index (χ1) is 12.9. The average Bonchev–Trinajstić information content (AvgIpc) is 3.15. The molecule has 0 spiro atoms. The lowest BCUT2D eigenvalue weighted by Gasteiger charge is -2.16. The lowest BCUT2D eigenvalue weighted by atomic mass is 10.1. The topological polar surface area (TPSA) is 78.1 Å². The van der Waals surface area contributed by atoms with Crippen molar-refractivity contribution in [1.82, 2.24) is 19.8 Å². The van der Waals surface area contributed by atoms with Crippen molar-refractivity contribution < 1.29 is 8.42 Å². The van der Waals surface area contributed by atoms with Crippen molar-refractivity contribution in [2.45, 2.75) is 24.4 Å². The number of benzene rings is 2. The molecule has 142 valence electrons. The smallest absolute Gasteiger partial charge is 0.242 e. The Morgan fingerprint density at radius 1 is 1.07 bits per heavy atom. The lowest BCUT2D eigenvalue weighted by Crippen LogP contribution is -2.22. The third-order valence-corrected chi connectivity index (χ3v) is 6.37. The first kappa shape index (κ1) is 19.3. The zero-order valence-electron chi connectivity index (χ0n) is 15.7. The van der Waals surface area contributed by atoms with Crippen LogP contribution in [0.25, 0.3) is 11.3 Å². The number of sulfonamides is 1. The van der Waals surface area contributed by atoms with E-state index in [4.69, 9.17) is 0 Å². The quantitative estimate of drug-likeness (QED) is 0.656. The van der Waals surface area contributed by atoms with Gasteiger partial charge in [-0.2, -0.15) is 5.10 Å². The fourth-order valence-corrected chi connectivity index (χ4v) is 3.72. The van der Waals surface area contributed by atoms with Crippen LogP contribution in [0.1, 0.15) is 24.1 Å². The fourth-order valence-electron chi connectivity index (χ4n) is 2.82. The highest BCUT2D eigenvalue weighted by atomic mass is 32.2. The van der Waals surface area contributed by atoms with E-state index in [1.165, 1.54) is 18.4 Å². The zero-order chi connectivity index (χ0) is 19.4. The van der Waals surface area contributed by atoms with E-state index in [-0.39, 0.29) is 6.04 Å². The molecule has 27 heavy (non-hydrogen) atoms. The van der Waals surface area contributed by atoms with Crippen LogP contribution in [0.3, 0.4) is 0 Å². The molecule has 1 atom stereocenters. The van der Waals surface area contributed by atoms with E-state index in [1.54, 1.807) is 12.1 Å². The highest BCUT2D eigenvalue weighted by Gasteiger charge is 2.17. The molecule has 0 aliphatic rings. The minimum Gasteiger partial charge on any atom is -0.306 e. The first-order valence-corrected chi connectivity index (χ1v) is 10.2. The van der Waals surface area contributed by atoms with Crippen LogP contribution in [-0.4, -0.2) is 37.0 Å². The Hall–Kier alpha value is -2.48. The molecule has 0 saturated heterocycles. The molecule has 2 N–H and O–H groups in total. The van der Waals surface area contributed by atoms with Gasteiger partial charge in [0.1, 0.15) is 0 Å². The second-order valence-electron chi connectivity index (χ2n) is 6.60. The van der Waals surface area contributed by atoms with Gasteiger partial charge in [-0.05, 0) is 30.2 Å². The molecule has 0 aliphatic carbocycles. The molecule has 0 radical (unpaired) electrons. The van der Waals surface area contributed by atoms with Gasteiger partial charge in [0.25, 0.3) is 0 Å². The van der Waals surface area contributed by atoms with E-state index in [2.05, 4.69) is 22.4 Å². The Morgan fingerprint density at radius 3 is 2.37 bits per heavy atom. The van der Waals surface area contributed by atoms with Crippen molar-refractivity contribution in [2.75, 3.05) is 14.1 Å². The van der Waals surface area contributed by atoms with Gasteiger partial charge >= 0.3 is 0 Å². The summed E-state index contributed by atoms with van der Waals surface area (Å²) in [7, 11) is -0.342. The van der Waals surface area contributed by atoms with Gasteiger partial charge in [-0.3, -0.25) is 5.10 Å². The highest BCUT2D eigenvalue weighted by molar-refractivity contribution is 7.89. The van der Waals surface area contributed by atoms with Crippen molar-refractivity contribution in [1.29, 1.82) is 0 Å². The highest BCUT2D eigenvalue weighted by Crippen LogP contribution is 2.22. The third kappa shape index (κ3) is 4.27. The van der Waals surface area contributed by atoms with Crippen LogP contribution in [0.5, 0.6) is 0 Å². The van der Waals surface area contributed by atoms with Crippen LogP contribution >= 0.6 is 0 Å². The van der Waals surface area contributed by atoms with E-state index in [0.29, 0.717) is 11.4 Å². The summed E-state index contributed by atoms with van der Waals surface area (Å²) in [5.74, 6) is 0. The van der Waals surface area contributed by atoms with Crippen molar-refractivity contribution in [3.05, 3.63) is 71.9 Å². The van der Waals surface area contributed by atoms with E-state index in [9.17, 15) is 8.42 Å². The Morgan fingerprint density at radius 2 is 1.74 bits per heavy atom. The molecule has 1 unspecified atom stereocenters. The Kier molecular flexibility index (Phi) is 5.74. The number of aromatic nitrogens is 2. The summed E-state index contributed by atoms with van der Waals surface area (Å²) in [5.41, 5.74) is 4.21. The molecule has 3 rings (SSSR count). The van der Waals surface area contributed by atoms with Crippen molar-refractivity contribution in [3.8, 4) is 11.3 Å². The second-order valence-corrected chi connectivity index (χ2v) is 8.75. The van der Waals surface area contributed by atoms with Crippen molar-refractivity contribution in [2.24, 2.45) is 0 Å². The summed E-state index contributed by atoms with van der Waals surface area (Å²) in [6.45, 7) is 2.71. The molecule has 1 aromatic heterocycles. The Balaban J connectivity index is 1.69. The average molecular weight is 385 g/mol. The molecule has 0 fully saturated rings. The van der Waals surface area contributed by atoms with Crippen LogP contribution in [-0.2, 0) is 16.6 Å². The molecule has 1 heterocycles. The normalized spacial score (nSPS) is 13.0. The van der Waals surface area contributed by atoms with E-state index in [1.807, 2.05) is 48.7 Å². The van der Waals surface area contributed by atoms with Crippen molar-refractivity contribution >= 4 is 10.0 Å². The van der Waals surface area contributed by atoms with Crippen LogP contribution in [0, 0.1) is 0 Å². The summed E-state index contributed by atoms with van der Waals surface area (Å²) in [6.07, 6.45) is 1.83. The minimum absolute atomic E-state index is 0.0691. The summed E-state index contributed by atoms with van der Waals surface area (Å²) in [5, 5.41) is 10.7. The van der Waals surface area contributed by atoms with Crippen LogP contribution in [0.2, 0.25) is 0 Å². The molecule has 0 amide bonds. The number of rotatable bonds is 7. The summed E-state index contributed by atoms with van der Waals surface area (Å²) >= 11 is 0. The Bertz CT molecular complexity index is 980. The maximum absolute atomic E-state index is 12.2. The van der Waals surface area contributed by atoms with E-state index < -0.39 is 10.0 Å². The molecular formula is C20H24N4O2S. The predicted molar refractivity (Wildman–Crippen MR) is 107 cm³/mol. The number of aromatic amines is 1. The number of nitrogens with zero attached hydrogens (tertiary/aromatic N) is 2. The van der Waals surface area contributed by atoms with Gasteiger partial charge in [-0.1, -0.05) is 42.5 Å². The molecule has 2 aromatic carbocycles. The molecule has 0 saturated carbocycles. The Labute approximate surface area is 160 Å². The van der Waals surface area contributed by atoms with Gasteiger partial charge < -0.3 is 5.32 Å². The number of hydrogen-bond donors (Lipinski definition) is 2. The largest absolute Gasteiger partial charge is 0.306 e. The fraction of sp³-hybridized carbons (Fsp3) is 0.250. The minimum atomic E-state index is -3.40. The summed E-state index contributed by atoms with van der Waals surface area (Å²) in [6, 6.07) is 17.1. The predicted octanol–water partition coefficient (Wildman–Crippen LogP) is 3.18. The zero-order valence-corrected chi connectivity index (χ0v) is 16.5. The number of nitrogens with one attached hydrogen (secondary N) is 2. The van der Waals surface area contributed by atoms with Crippen LogP contribution < -0.4 is 5.32 Å². The maximum atomic E-state index is 12.2. The van der Waals surface area contributed by atoms with Gasteiger partial charge in [0.05, 0.1) is 16.8 Å². The van der Waals surface area contributed by atoms with Crippen LogP contribution in [0.15, 0.2) is 65.7 Å². The molecular weight excluding hydrogens is 360 g/mol. The molecule has 0 bridgehead atoms. The van der Waals surface area contributed by atoms with Gasteiger partial charge in [-0.15, -0.1) is 0 Å². The molecule has 7 heteroatoms. The van der Waals surface area contributed by atoms with Crippen molar-refractivity contribution in [3.63, 3.8) is 0 Å². The van der Waals surface area contributed by atoms with Crippen LogP contribution in [0.4, 0.5) is 0 Å². The number of H-pyrrole nitrogens is 1. The number of hydrogen-bond acceptors (Lipinski definition) is 4. The van der Waals surface area contributed by atoms with E-state index >= 15 is 0 Å². The second kappa shape index (κ2) is 8.04. The van der Waals surface area contributed by atoms with Gasteiger partial charge in [-0.25, -0.2) is 12.7 Å². The monoisotopic (exact) mass is 384 g/mol. The van der Waals surface area contributed by atoms with E-state index in [0.717, 1.165) is 22.4 Å². The summed E-state index contributed by atoms with van der Waals surface area (Å²) in [4.78, 5) is 0.296. The third-order valence-electron chi connectivity index (χ3n) is 4.54. The standard InChI is InChI=1S/C20H24N4O2S/c1-15(16-9-11-19(12-10-16)27(25,26)24(2)3)21-13-18-14-22-23-20(18)17-7-5-4-6-8-17/h4-12,14-15,21H,13H2,1-3H3,(H,22,23). The molecule has 3 aromatic rings. The van der Waals surface area contributed by atoms with Gasteiger partial charge in [0.15, 0.2) is 0 Å². The van der Waals surface area contributed by atoms with Gasteiger partial charge in [0.2, 0.25) is 10.0 Å². The molecule has 6 nitrogen and oxygen atoms in total. The SMILES string of the molecule is CC(NCc1cn[nH]c1-c1ccccc1)c1ccc(S(=O)(=O)N(C)C)cc1. The molecule has 0 aliphatic heterocycles. The first-order valence-electron chi connectivity index (χ1n) is 8.73. The summed E-state index contributed by atoms with van der Waals surface area (Å²) < 4.78 is 25.5. The van der Waals surface area contributed by atoms with Gasteiger partial charge in [0, 0.05) is 32.2 Å². The lowest BCUT2D eigenvalue weighted by molar-refractivity contribution is 0.520.